The van der Waals surface area contributed by atoms with E-state index in [-0.39, 0.29) is 17.5 Å². The van der Waals surface area contributed by atoms with Crippen molar-refractivity contribution in [1.29, 1.82) is 0 Å². The number of carbonyl (C=O) groups is 1. The number of aromatic nitrogens is 1. The first kappa shape index (κ1) is 16.3. The minimum absolute atomic E-state index is 0.0122. The van der Waals surface area contributed by atoms with Crippen LogP contribution in [0, 0.1) is 6.92 Å². The molecule has 0 bridgehead atoms. The Hall–Kier alpha value is -2.55. The number of amides is 1. The average Bonchev–Trinajstić information content (AvgIpc) is 2.83. The third-order valence-electron chi connectivity index (χ3n) is 4.06. The summed E-state index contributed by atoms with van der Waals surface area (Å²) in [7, 11) is 0. The topological polar surface area (TPSA) is 34.0 Å². The Morgan fingerprint density at radius 3 is 2.29 bits per heavy atom. The van der Waals surface area contributed by atoms with Crippen molar-refractivity contribution in [2.45, 2.75) is 39.3 Å². The van der Waals surface area contributed by atoms with Gasteiger partial charge in [-0.05, 0) is 50.8 Å². The van der Waals surface area contributed by atoms with Crippen LogP contribution in [0.2, 0.25) is 0 Å². The van der Waals surface area contributed by atoms with Gasteiger partial charge in [0.15, 0.2) is 0 Å². The standard InChI is InChI=1S/C21H24N2O/c1-15-14-17-12-8-9-13-18(17)23(15)19(16-10-6-5-7-11-16)20(24)22-21(2,3)4/h5-14,19H,1-4H3,(H,22,24). The summed E-state index contributed by atoms with van der Waals surface area (Å²) in [6.07, 6.45) is 0. The summed E-state index contributed by atoms with van der Waals surface area (Å²) < 4.78 is 2.13. The van der Waals surface area contributed by atoms with Crippen LogP contribution in [-0.2, 0) is 4.79 Å². The zero-order valence-electron chi connectivity index (χ0n) is 14.7. The molecule has 0 radical (unpaired) electrons. The maximum Gasteiger partial charge on any atom is 0.248 e. The number of aryl methyl sites for hydroxylation is 1. The molecule has 3 heteroatoms. The summed E-state index contributed by atoms with van der Waals surface area (Å²) in [5.74, 6) is 0.0122. The van der Waals surface area contributed by atoms with Gasteiger partial charge in [0.05, 0.1) is 0 Å². The van der Waals surface area contributed by atoms with Crippen LogP contribution >= 0.6 is 0 Å². The number of nitrogens with zero attached hydrogens (tertiary/aromatic N) is 1. The number of benzene rings is 2. The molecule has 1 atom stereocenters. The first-order valence-electron chi connectivity index (χ1n) is 8.30. The highest BCUT2D eigenvalue weighted by atomic mass is 16.2. The molecule has 3 aromatic rings. The van der Waals surface area contributed by atoms with Gasteiger partial charge in [0.2, 0.25) is 5.91 Å². The van der Waals surface area contributed by atoms with Crippen molar-refractivity contribution in [3.8, 4) is 0 Å². The van der Waals surface area contributed by atoms with Crippen molar-refractivity contribution >= 4 is 16.8 Å². The number of carbonyl (C=O) groups excluding carboxylic acids is 1. The second-order valence-electron chi connectivity index (χ2n) is 7.27. The van der Waals surface area contributed by atoms with Gasteiger partial charge >= 0.3 is 0 Å². The third kappa shape index (κ3) is 3.21. The van der Waals surface area contributed by atoms with Crippen LogP contribution in [-0.4, -0.2) is 16.0 Å². The molecule has 3 nitrogen and oxygen atoms in total. The molecule has 0 aliphatic carbocycles. The first-order chi connectivity index (χ1) is 11.4. The van der Waals surface area contributed by atoms with E-state index in [1.807, 2.05) is 63.2 Å². The van der Waals surface area contributed by atoms with Gasteiger partial charge in [-0.2, -0.15) is 0 Å². The lowest BCUT2D eigenvalue weighted by Gasteiger charge is -2.27. The van der Waals surface area contributed by atoms with Crippen LogP contribution in [0.25, 0.3) is 10.9 Å². The van der Waals surface area contributed by atoms with Gasteiger partial charge in [-0.25, -0.2) is 0 Å². The van der Waals surface area contributed by atoms with Crippen molar-refractivity contribution in [2.24, 2.45) is 0 Å². The minimum Gasteiger partial charge on any atom is -0.349 e. The fourth-order valence-electron chi connectivity index (χ4n) is 3.15. The molecular weight excluding hydrogens is 296 g/mol. The summed E-state index contributed by atoms with van der Waals surface area (Å²) in [5, 5.41) is 4.29. The van der Waals surface area contributed by atoms with E-state index in [1.165, 1.54) is 0 Å². The smallest absolute Gasteiger partial charge is 0.248 e. The van der Waals surface area contributed by atoms with Gasteiger partial charge < -0.3 is 9.88 Å². The molecule has 24 heavy (non-hydrogen) atoms. The fourth-order valence-corrected chi connectivity index (χ4v) is 3.15. The van der Waals surface area contributed by atoms with E-state index in [9.17, 15) is 4.79 Å². The minimum atomic E-state index is -0.384. The van der Waals surface area contributed by atoms with Crippen LogP contribution in [0.5, 0.6) is 0 Å². The lowest BCUT2D eigenvalue weighted by molar-refractivity contribution is -0.124. The Morgan fingerprint density at radius 2 is 1.62 bits per heavy atom. The SMILES string of the molecule is Cc1cc2ccccc2n1C(C(=O)NC(C)(C)C)c1ccccc1. The van der Waals surface area contributed by atoms with E-state index >= 15 is 0 Å². The van der Waals surface area contributed by atoms with Gasteiger partial charge in [-0.3, -0.25) is 4.79 Å². The van der Waals surface area contributed by atoms with Crippen LogP contribution in [0.4, 0.5) is 0 Å². The summed E-state index contributed by atoms with van der Waals surface area (Å²) in [5.41, 5.74) is 2.87. The molecule has 1 aromatic heterocycles. The van der Waals surface area contributed by atoms with Gasteiger partial charge in [-0.15, -0.1) is 0 Å². The van der Waals surface area contributed by atoms with Gasteiger partial charge in [0.25, 0.3) is 0 Å². The van der Waals surface area contributed by atoms with Crippen LogP contribution in [0.15, 0.2) is 60.7 Å². The molecule has 0 saturated heterocycles. The van der Waals surface area contributed by atoms with E-state index in [0.29, 0.717) is 0 Å². The van der Waals surface area contributed by atoms with E-state index in [1.54, 1.807) is 0 Å². The number of para-hydroxylation sites is 1. The Balaban J connectivity index is 2.17. The maximum atomic E-state index is 13.1. The molecule has 1 N–H and O–H groups in total. The van der Waals surface area contributed by atoms with Crippen molar-refractivity contribution in [1.82, 2.24) is 9.88 Å². The molecule has 1 unspecified atom stereocenters. The summed E-state index contributed by atoms with van der Waals surface area (Å²) in [6.45, 7) is 8.08. The highest BCUT2D eigenvalue weighted by Crippen LogP contribution is 2.28. The summed E-state index contributed by atoms with van der Waals surface area (Å²) in [6, 6.07) is 19.9. The number of hydrogen-bond donors (Lipinski definition) is 1. The number of nitrogens with one attached hydrogen (secondary N) is 1. The quantitative estimate of drug-likeness (QED) is 0.760. The molecule has 1 amide bonds. The molecule has 0 fully saturated rings. The van der Waals surface area contributed by atoms with Gasteiger partial charge in [-0.1, -0.05) is 48.5 Å². The van der Waals surface area contributed by atoms with Gasteiger partial charge in [0, 0.05) is 16.7 Å². The van der Waals surface area contributed by atoms with E-state index in [0.717, 1.165) is 22.2 Å². The first-order valence-corrected chi connectivity index (χ1v) is 8.30. The van der Waals surface area contributed by atoms with Gasteiger partial charge in [0.1, 0.15) is 6.04 Å². The molecular formula is C21H24N2O. The highest BCUT2D eigenvalue weighted by molar-refractivity contribution is 5.89. The molecule has 3 rings (SSSR count). The number of hydrogen-bond acceptors (Lipinski definition) is 1. The molecule has 124 valence electrons. The number of rotatable bonds is 3. The predicted octanol–water partition coefficient (Wildman–Crippen LogP) is 4.45. The normalized spacial score (nSPS) is 13.0. The maximum absolute atomic E-state index is 13.1. The molecule has 0 aliphatic heterocycles. The van der Waals surface area contributed by atoms with Crippen molar-refractivity contribution in [3.63, 3.8) is 0 Å². The molecule has 0 aliphatic rings. The Bertz CT molecular complexity index is 856. The number of fused-ring (bicyclic) bond motifs is 1. The molecule has 0 spiro atoms. The molecule has 2 aromatic carbocycles. The van der Waals surface area contributed by atoms with Crippen molar-refractivity contribution in [2.75, 3.05) is 0 Å². The summed E-state index contributed by atoms with van der Waals surface area (Å²) >= 11 is 0. The lowest BCUT2D eigenvalue weighted by atomic mass is 10.0. The predicted molar refractivity (Wildman–Crippen MR) is 99.2 cm³/mol. The van der Waals surface area contributed by atoms with E-state index < -0.39 is 0 Å². The Labute approximate surface area is 143 Å². The summed E-state index contributed by atoms with van der Waals surface area (Å²) in [4.78, 5) is 13.1. The molecule has 1 heterocycles. The second kappa shape index (κ2) is 6.16. The van der Waals surface area contributed by atoms with Crippen molar-refractivity contribution < 1.29 is 4.79 Å². The molecule has 0 saturated carbocycles. The highest BCUT2D eigenvalue weighted by Gasteiger charge is 2.27. The third-order valence-corrected chi connectivity index (χ3v) is 4.06. The zero-order chi connectivity index (χ0) is 17.3. The second-order valence-corrected chi connectivity index (χ2v) is 7.27. The van der Waals surface area contributed by atoms with E-state index in [4.69, 9.17) is 0 Å². The monoisotopic (exact) mass is 320 g/mol. The fraction of sp³-hybridized carbons (Fsp3) is 0.286. The van der Waals surface area contributed by atoms with Crippen LogP contribution in [0.3, 0.4) is 0 Å². The van der Waals surface area contributed by atoms with E-state index in [2.05, 4.69) is 35.0 Å². The average molecular weight is 320 g/mol. The van der Waals surface area contributed by atoms with Crippen LogP contribution < -0.4 is 5.32 Å². The largest absolute Gasteiger partial charge is 0.349 e. The lowest BCUT2D eigenvalue weighted by Crippen LogP contribution is -2.44. The van der Waals surface area contributed by atoms with Crippen LogP contribution in [0.1, 0.15) is 38.1 Å². The van der Waals surface area contributed by atoms with Crippen molar-refractivity contribution in [3.05, 3.63) is 71.9 Å². The Kier molecular flexibility index (Phi) is 4.18. The zero-order valence-corrected chi connectivity index (χ0v) is 14.7. The Morgan fingerprint density at radius 1 is 1.00 bits per heavy atom.